The van der Waals surface area contributed by atoms with Gasteiger partial charge < -0.3 is 4.74 Å². The van der Waals surface area contributed by atoms with E-state index in [1.54, 1.807) is 27.0 Å². The first-order valence-corrected chi connectivity index (χ1v) is 5.90. The van der Waals surface area contributed by atoms with Gasteiger partial charge in [-0.1, -0.05) is 0 Å². The molecule has 2 heterocycles. The van der Waals surface area contributed by atoms with Crippen molar-refractivity contribution < 1.29 is 17.9 Å². The molecule has 0 amide bonds. The lowest BCUT2D eigenvalue weighted by Crippen LogP contribution is -2.09. The van der Waals surface area contributed by atoms with Crippen LogP contribution in [-0.4, -0.2) is 14.8 Å². The Hall–Kier alpha value is -2.56. The van der Waals surface area contributed by atoms with Gasteiger partial charge in [-0.3, -0.25) is 4.68 Å². The third-order valence-electron chi connectivity index (χ3n) is 2.91. The van der Waals surface area contributed by atoms with Gasteiger partial charge in [0.25, 0.3) is 0 Å². The van der Waals surface area contributed by atoms with E-state index in [-0.39, 0.29) is 11.4 Å². The van der Waals surface area contributed by atoms with Crippen LogP contribution in [0.1, 0.15) is 22.6 Å². The Bertz CT molecular complexity index is 728. The minimum absolute atomic E-state index is 0.0781. The standard InChI is InChI=1S/C13H11F3N4O/c1-7-11(8(2)20(3)19-7)21-12-9(6-17)4-5-10(18-12)13(14,15)16/h4-5H,1-3H3. The van der Waals surface area contributed by atoms with Crippen molar-refractivity contribution in [1.29, 1.82) is 5.26 Å². The zero-order valence-electron chi connectivity index (χ0n) is 11.5. The fourth-order valence-corrected chi connectivity index (χ4v) is 1.76. The normalized spacial score (nSPS) is 11.3. The molecule has 0 N–H and O–H groups in total. The molecule has 0 aliphatic heterocycles. The minimum atomic E-state index is -4.61. The lowest BCUT2D eigenvalue weighted by atomic mass is 10.2. The fraction of sp³-hybridized carbons (Fsp3) is 0.308. The Balaban J connectivity index is 2.50. The first kappa shape index (κ1) is 14.8. The van der Waals surface area contributed by atoms with Gasteiger partial charge in [-0.25, -0.2) is 4.98 Å². The molecule has 5 nitrogen and oxygen atoms in total. The molecule has 21 heavy (non-hydrogen) atoms. The zero-order valence-corrected chi connectivity index (χ0v) is 11.5. The van der Waals surface area contributed by atoms with Crippen LogP contribution in [0.3, 0.4) is 0 Å². The monoisotopic (exact) mass is 296 g/mol. The molecule has 8 heteroatoms. The average molecular weight is 296 g/mol. The van der Waals surface area contributed by atoms with Crippen molar-refractivity contribution in [1.82, 2.24) is 14.8 Å². The van der Waals surface area contributed by atoms with Crippen molar-refractivity contribution in [2.24, 2.45) is 7.05 Å². The van der Waals surface area contributed by atoms with E-state index in [1.807, 2.05) is 0 Å². The Morgan fingerprint density at radius 2 is 1.95 bits per heavy atom. The molecule has 2 aromatic rings. The molecule has 110 valence electrons. The van der Waals surface area contributed by atoms with Crippen LogP contribution in [0.2, 0.25) is 0 Å². The highest BCUT2D eigenvalue weighted by atomic mass is 19.4. The van der Waals surface area contributed by atoms with E-state index in [0.717, 1.165) is 12.1 Å². The summed E-state index contributed by atoms with van der Waals surface area (Å²) in [6.07, 6.45) is -4.61. The predicted molar refractivity (Wildman–Crippen MR) is 66.7 cm³/mol. The van der Waals surface area contributed by atoms with Crippen LogP contribution in [0.5, 0.6) is 11.6 Å². The molecule has 2 rings (SSSR count). The fourth-order valence-electron chi connectivity index (χ4n) is 1.76. The van der Waals surface area contributed by atoms with Crippen molar-refractivity contribution in [3.05, 3.63) is 34.8 Å². The number of aromatic nitrogens is 3. The molecule has 0 spiro atoms. The van der Waals surface area contributed by atoms with E-state index in [0.29, 0.717) is 17.1 Å². The molecule has 0 aliphatic carbocycles. The van der Waals surface area contributed by atoms with E-state index in [2.05, 4.69) is 10.1 Å². The number of halogens is 3. The summed E-state index contributed by atoms with van der Waals surface area (Å²) in [5, 5.41) is 13.1. The van der Waals surface area contributed by atoms with Gasteiger partial charge in [0, 0.05) is 7.05 Å². The third-order valence-corrected chi connectivity index (χ3v) is 2.91. The SMILES string of the molecule is Cc1nn(C)c(C)c1Oc1nc(C(F)(F)F)ccc1C#N. The second kappa shape index (κ2) is 5.09. The number of nitriles is 1. The lowest BCUT2D eigenvalue weighted by Gasteiger charge is -2.10. The van der Waals surface area contributed by atoms with Crippen molar-refractivity contribution in [3.63, 3.8) is 0 Å². The Labute approximate surface area is 118 Å². The third kappa shape index (κ3) is 2.81. The van der Waals surface area contributed by atoms with Gasteiger partial charge in [-0.05, 0) is 26.0 Å². The topological polar surface area (TPSA) is 63.7 Å². The van der Waals surface area contributed by atoms with Crippen LogP contribution in [0, 0.1) is 25.2 Å². The molecule has 0 saturated heterocycles. The van der Waals surface area contributed by atoms with Gasteiger partial charge in [0.2, 0.25) is 5.88 Å². The molecule has 0 aromatic carbocycles. The quantitative estimate of drug-likeness (QED) is 0.854. The number of rotatable bonds is 2. The van der Waals surface area contributed by atoms with Gasteiger partial charge in [-0.15, -0.1) is 0 Å². The second-order valence-corrected chi connectivity index (χ2v) is 4.38. The Morgan fingerprint density at radius 3 is 2.43 bits per heavy atom. The van der Waals surface area contributed by atoms with Crippen LogP contribution in [0.15, 0.2) is 12.1 Å². The molecular formula is C13H11F3N4O. The first-order chi connectivity index (χ1) is 9.74. The summed E-state index contributed by atoms with van der Waals surface area (Å²) in [6.45, 7) is 3.36. The number of pyridine rings is 1. The predicted octanol–water partition coefficient (Wildman–Crippen LogP) is 3.11. The summed E-state index contributed by atoms with van der Waals surface area (Å²) in [5.41, 5.74) is -0.0740. The molecule has 0 radical (unpaired) electrons. The maximum absolute atomic E-state index is 12.7. The van der Waals surface area contributed by atoms with Crippen molar-refractivity contribution in [2.45, 2.75) is 20.0 Å². The highest BCUT2D eigenvalue weighted by molar-refractivity contribution is 5.43. The Morgan fingerprint density at radius 1 is 1.29 bits per heavy atom. The Kier molecular flexibility index (Phi) is 3.60. The number of alkyl halides is 3. The van der Waals surface area contributed by atoms with Gasteiger partial charge in [0.1, 0.15) is 23.0 Å². The molecule has 0 fully saturated rings. The molecule has 2 aromatic heterocycles. The van der Waals surface area contributed by atoms with Gasteiger partial charge in [0.15, 0.2) is 5.75 Å². The zero-order chi connectivity index (χ0) is 15.8. The first-order valence-electron chi connectivity index (χ1n) is 5.90. The van der Waals surface area contributed by atoms with Crippen LogP contribution in [0.25, 0.3) is 0 Å². The average Bonchev–Trinajstić information content (AvgIpc) is 2.64. The summed E-state index contributed by atoms with van der Waals surface area (Å²) in [5.74, 6) is -0.0904. The molecule has 0 bridgehead atoms. The summed E-state index contributed by atoms with van der Waals surface area (Å²) < 4.78 is 45.0. The largest absolute Gasteiger partial charge is 0.434 e. The molecule has 0 atom stereocenters. The number of hydrogen-bond donors (Lipinski definition) is 0. The van der Waals surface area contributed by atoms with Crippen LogP contribution in [-0.2, 0) is 13.2 Å². The number of hydrogen-bond acceptors (Lipinski definition) is 4. The van der Waals surface area contributed by atoms with Crippen molar-refractivity contribution >= 4 is 0 Å². The van der Waals surface area contributed by atoms with Crippen LogP contribution < -0.4 is 4.74 Å². The van der Waals surface area contributed by atoms with Gasteiger partial charge in [-0.2, -0.15) is 23.5 Å². The van der Waals surface area contributed by atoms with Crippen molar-refractivity contribution in [2.75, 3.05) is 0 Å². The van der Waals surface area contributed by atoms with Crippen molar-refractivity contribution in [3.8, 4) is 17.7 Å². The smallest absolute Gasteiger partial charge is 0.433 e. The summed E-state index contributed by atoms with van der Waals surface area (Å²) >= 11 is 0. The van der Waals surface area contributed by atoms with E-state index in [1.165, 1.54) is 4.68 Å². The van der Waals surface area contributed by atoms with E-state index < -0.39 is 11.9 Å². The van der Waals surface area contributed by atoms with E-state index in [9.17, 15) is 13.2 Å². The number of aryl methyl sites for hydroxylation is 2. The van der Waals surface area contributed by atoms with Crippen LogP contribution >= 0.6 is 0 Å². The summed E-state index contributed by atoms with van der Waals surface area (Å²) in [4.78, 5) is 3.39. The molecular weight excluding hydrogens is 285 g/mol. The maximum Gasteiger partial charge on any atom is 0.433 e. The summed E-state index contributed by atoms with van der Waals surface area (Å²) in [7, 11) is 1.68. The van der Waals surface area contributed by atoms with Gasteiger partial charge >= 0.3 is 6.18 Å². The summed E-state index contributed by atoms with van der Waals surface area (Å²) in [6, 6.07) is 3.54. The van der Waals surface area contributed by atoms with Crippen LogP contribution in [0.4, 0.5) is 13.2 Å². The molecule has 0 unspecified atom stereocenters. The molecule has 0 aliphatic rings. The molecule has 0 saturated carbocycles. The number of ether oxygens (including phenoxy) is 1. The van der Waals surface area contributed by atoms with Gasteiger partial charge in [0.05, 0.1) is 5.69 Å². The number of nitrogens with zero attached hydrogens (tertiary/aromatic N) is 4. The second-order valence-electron chi connectivity index (χ2n) is 4.38. The maximum atomic E-state index is 12.7. The van der Waals surface area contributed by atoms with E-state index >= 15 is 0 Å². The minimum Gasteiger partial charge on any atom is -0.434 e. The van der Waals surface area contributed by atoms with E-state index in [4.69, 9.17) is 10.00 Å². The lowest BCUT2D eigenvalue weighted by molar-refractivity contribution is -0.141. The highest BCUT2D eigenvalue weighted by Gasteiger charge is 2.33. The highest BCUT2D eigenvalue weighted by Crippen LogP contribution is 2.33.